The van der Waals surface area contributed by atoms with Crippen molar-refractivity contribution < 1.29 is 9.52 Å². The van der Waals surface area contributed by atoms with Gasteiger partial charge in [0.25, 0.3) is 0 Å². The molecular weight excluding hydrogens is 176 g/mol. The first-order valence-corrected chi connectivity index (χ1v) is 5.00. The van der Waals surface area contributed by atoms with E-state index in [0.717, 1.165) is 5.76 Å². The van der Waals surface area contributed by atoms with Gasteiger partial charge in [-0.15, -0.1) is 0 Å². The maximum absolute atomic E-state index is 10.2. The van der Waals surface area contributed by atoms with E-state index in [2.05, 4.69) is 20.8 Å². The summed E-state index contributed by atoms with van der Waals surface area (Å²) in [7, 11) is 0. The van der Waals surface area contributed by atoms with E-state index in [1.165, 1.54) is 0 Å². The van der Waals surface area contributed by atoms with Gasteiger partial charge in [0.2, 0.25) is 0 Å². The Bertz CT molecular complexity index is 302. The van der Waals surface area contributed by atoms with Crippen molar-refractivity contribution in [3.05, 3.63) is 23.7 Å². The lowest BCUT2D eigenvalue weighted by atomic mass is 9.82. The highest BCUT2D eigenvalue weighted by Crippen LogP contribution is 2.34. The molecule has 0 radical (unpaired) electrons. The standard InChI is InChI=1S/C12H20O2/c1-9-6-7-10(14-9)12(5,13)8-11(2,3)4/h6-7,13H,8H2,1-5H3. The van der Waals surface area contributed by atoms with Gasteiger partial charge in [-0.1, -0.05) is 20.8 Å². The highest BCUT2D eigenvalue weighted by Gasteiger charge is 2.31. The molecule has 1 heterocycles. The molecule has 1 aromatic heterocycles. The van der Waals surface area contributed by atoms with Crippen LogP contribution in [-0.2, 0) is 5.60 Å². The van der Waals surface area contributed by atoms with Crippen LogP contribution in [0.25, 0.3) is 0 Å². The molecule has 0 aliphatic carbocycles. The number of aliphatic hydroxyl groups is 1. The van der Waals surface area contributed by atoms with Crippen LogP contribution in [0.1, 0.15) is 45.6 Å². The lowest BCUT2D eigenvalue weighted by Gasteiger charge is -2.29. The fraction of sp³-hybridized carbons (Fsp3) is 0.667. The average Bonchev–Trinajstić information content (AvgIpc) is 2.29. The van der Waals surface area contributed by atoms with Crippen molar-refractivity contribution >= 4 is 0 Å². The SMILES string of the molecule is Cc1ccc(C(C)(O)CC(C)(C)C)o1. The molecule has 1 aromatic rings. The maximum Gasteiger partial charge on any atom is 0.135 e. The molecule has 1 N–H and O–H groups in total. The first-order valence-electron chi connectivity index (χ1n) is 5.00. The van der Waals surface area contributed by atoms with Gasteiger partial charge < -0.3 is 9.52 Å². The van der Waals surface area contributed by atoms with Crippen LogP contribution in [0.2, 0.25) is 0 Å². The van der Waals surface area contributed by atoms with Crippen LogP contribution < -0.4 is 0 Å². The number of hydrogen-bond donors (Lipinski definition) is 1. The van der Waals surface area contributed by atoms with Crippen molar-refractivity contribution in [2.45, 2.75) is 46.6 Å². The van der Waals surface area contributed by atoms with E-state index in [9.17, 15) is 5.11 Å². The minimum atomic E-state index is -0.869. The second-order valence-corrected chi connectivity index (χ2v) is 5.42. The van der Waals surface area contributed by atoms with Crippen LogP contribution in [0.5, 0.6) is 0 Å². The van der Waals surface area contributed by atoms with Crippen molar-refractivity contribution in [3.63, 3.8) is 0 Å². The second kappa shape index (κ2) is 3.43. The van der Waals surface area contributed by atoms with Gasteiger partial charge in [-0.3, -0.25) is 0 Å². The Hall–Kier alpha value is -0.760. The minimum Gasteiger partial charge on any atom is -0.463 e. The maximum atomic E-state index is 10.2. The molecule has 0 fully saturated rings. The third-order valence-corrected chi connectivity index (χ3v) is 2.15. The highest BCUT2D eigenvalue weighted by atomic mass is 16.4. The van der Waals surface area contributed by atoms with Crippen LogP contribution in [0.3, 0.4) is 0 Å². The Kier molecular flexibility index (Phi) is 2.77. The molecule has 2 nitrogen and oxygen atoms in total. The molecule has 2 heteroatoms. The Morgan fingerprint density at radius 3 is 2.14 bits per heavy atom. The van der Waals surface area contributed by atoms with E-state index in [1.807, 2.05) is 19.1 Å². The molecule has 0 amide bonds. The summed E-state index contributed by atoms with van der Waals surface area (Å²) in [6.45, 7) is 10.0. The van der Waals surface area contributed by atoms with Gasteiger partial charge in [0.15, 0.2) is 0 Å². The Morgan fingerprint density at radius 2 is 1.79 bits per heavy atom. The predicted octanol–water partition coefficient (Wildman–Crippen LogP) is 3.23. The normalized spacial score (nSPS) is 16.7. The Balaban J connectivity index is 2.85. The van der Waals surface area contributed by atoms with Gasteiger partial charge >= 0.3 is 0 Å². The fourth-order valence-corrected chi connectivity index (χ4v) is 1.84. The quantitative estimate of drug-likeness (QED) is 0.787. The molecule has 0 aromatic carbocycles. The zero-order valence-corrected chi connectivity index (χ0v) is 9.72. The van der Waals surface area contributed by atoms with Crippen molar-refractivity contribution in [3.8, 4) is 0 Å². The summed E-state index contributed by atoms with van der Waals surface area (Å²) in [6, 6.07) is 3.73. The monoisotopic (exact) mass is 196 g/mol. The molecule has 14 heavy (non-hydrogen) atoms. The topological polar surface area (TPSA) is 33.4 Å². The van der Waals surface area contributed by atoms with Crippen molar-refractivity contribution in [2.24, 2.45) is 5.41 Å². The molecule has 1 rings (SSSR count). The first-order chi connectivity index (χ1) is 6.21. The second-order valence-electron chi connectivity index (χ2n) is 5.42. The molecule has 0 aliphatic rings. The first kappa shape index (κ1) is 11.3. The molecule has 0 saturated heterocycles. The Morgan fingerprint density at radius 1 is 1.21 bits per heavy atom. The molecule has 0 aliphatic heterocycles. The smallest absolute Gasteiger partial charge is 0.135 e. The number of hydrogen-bond acceptors (Lipinski definition) is 2. The lowest BCUT2D eigenvalue weighted by Crippen LogP contribution is -2.27. The molecule has 80 valence electrons. The van der Waals surface area contributed by atoms with Gasteiger partial charge in [-0.05, 0) is 37.8 Å². The number of furan rings is 1. The van der Waals surface area contributed by atoms with E-state index in [1.54, 1.807) is 6.92 Å². The summed E-state index contributed by atoms with van der Waals surface area (Å²) in [4.78, 5) is 0. The van der Waals surface area contributed by atoms with Crippen LogP contribution in [0, 0.1) is 12.3 Å². The minimum absolute atomic E-state index is 0.0875. The zero-order chi connectivity index (χ0) is 11.0. The van der Waals surface area contributed by atoms with Crippen molar-refractivity contribution in [2.75, 3.05) is 0 Å². The molecule has 1 atom stereocenters. The molecular formula is C12H20O2. The summed E-state index contributed by atoms with van der Waals surface area (Å²) in [5.74, 6) is 1.50. The third-order valence-electron chi connectivity index (χ3n) is 2.15. The molecule has 0 spiro atoms. The number of aryl methyl sites for hydroxylation is 1. The average molecular weight is 196 g/mol. The van der Waals surface area contributed by atoms with E-state index in [0.29, 0.717) is 12.2 Å². The van der Waals surface area contributed by atoms with Gasteiger partial charge in [-0.2, -0.15) is 0 Å². The summed E-state index contributed by atoms with van der Waals surface area (Å²) in [5.41, 5.74) is -0.781. The summed E-state index contributed by atoms with van der Waals surface area (Å²) >= 11 is 0. The van der Waals surface area contributed by atoms with E-state index >= 15 is 0 Å². The number of rotatable bonds is 2. The largest absolute Gasteiger partial charge is 0.463 e. The van der Waals surface area contributed by atoms with Gasteiger partial charge in [0, 0.05) is 0 Å². The molecule has 0 saturated carbocycles. The van der Waals surface area contributed by atoms with E-state index in [4.69, 9.17) is 4.42 Å². The van der Waals surface area contributed by atoms with Gasteiger partial charge in [0.1, 0.15) is 17.1 Å². The molecule has 0 bridgehead atoms. The Labute approximate surface area is 85.9 Å². The predicted molar refractivity (Wildman–Crippen MR) is 57.1 cm³/mol. The van der Waals surface area contributed by atoms with Gasteiger partial charge in [-0.25, -0.2) is 0 Å². The van der Waals surface area contributed by atoms with Crippen LogP contribution in [0.15, 0.2) is 16.5 Å². The molecule has 1 unspecified atom stereocenters. The zero-order valence-electron chi connectivity index (χ0n) is 9.72. The third kappa shape index (κ3) is 2.88. The highest BCUT2D eigenvalue weighted by molar-refractivity contribution is 5.12. The van der Waals surface area contributed by atoms with Gasteiger partial charge in [0.05, 0.1) is 0 Å². The van der Waals surface area contributed by atoms with Crippen LogP contribution >= 0.6 is 0 Å². The van der Waals surface area contributed by atoms with Crippen molar-refractivity contribution in [1.29, 1.82) is 0 Å². The van der Waals surface area contributed by atoms with E-state index < -0.39 is 5.60 Å². The lowest BCUT2D eigenvalue weighted by molar-refractivity contribution is -0.00475. The summed E-state index contributed by atoms with van der Waals surface area (Å²) in [5, 5.41) is 10.2. The summed E-state index contributed by atoms with van der Waals surface area (Å²) in [6.07, 6.45) is 0.687. The summed E-state index contributed by atoms with van der Waals surface area (Å²) < 4.78 is 5.44. The van der Waals surface area contributed by atoms with Crippen LogP contribution in [0.4, 0.5) is 0 Å². The van der Waals surface area contributed by atoms with E-state index in [-0.39, 0.29) is 5.41 Å². The van der Waals surface area contributed by atoms with Crippen molar-refractivity contribution in [1.82, 2.24) is 0 Å². The fourth-order valence-electron chi connectivity index (χ4n) is 1.84. The van der Waals surface area contributed by atoms with Crippen LogP contribution in [-0.4, -0.2) is 5.11 Å².